The minimum Gasteiger partial charge on any atom is -0.297 e. The molecule has 27 heavy (non-hydrogen) atoms. The van der Waals surface area contributed by atoms with Gasteiger partial charge in [0.25, 0.3) is 0 Å². The van der Waals surface area contributed by atoms with Crippen LogP contribution in [-0.4, -0.2) is 17.5 Å². The molecule has 1 atom stereocenters. The van der Waals surface area contributed by atoms with E-state index in [4.69, 9.17) is 5.26 Å². The van der Waals surface area contributed by atoms with Crippen molar-refractivity contribution < 1.29 is 0 Å². The molecule has 0 bridgehead atoms. The molecule has 2 aromatic carbocycles. The molecule has 0 heterocycles. The molecule has 0 radical (unpaired) electrons. The van der Waals surface area contributed by atoms with E-state index in [2.05, 4.69) is 62.2 Å². The fraction of sp³-hybridized carbons (Fsp3) is 0.417. The lowest BCUT2D eigenvalue weighted by Crippen LogP contribution is -2.42. The standard InChI is InChI=1S/C24H29N3/c1-23(2,27(3)19-21-11-6-4-7-12-21)16-17-24(20-26,15-10-18-25)22-13-8-5-9-14-22/h4-9,11-14H,10,15-17,19H2,1-3H3. The highest BCUT2D eigenvalue weighted by molar-refractivity contribution is 5.32. The van der Waals surface area contributed by atoms with Gasteiger partial charge in [-0.15, -0.1) is 0 Å². The first kappa shape index (κ1) is 20.7. The Morgan fingerprint density at radius 3 is 2.00 bits per heavy atom. The van der Waals surface area contributed by atoms with Gasteiger partial charge in [0.15, 0.2) is 0 Å². The van der Waals surface area contributed by atoms with E-state index >= 15 is 0 Å². The molecule has 1 unspecified atom stereocenters. The number of hydrogen-bond donors (Lipinski definition) is 0. The van der Waals surface area contributed by atoms with E-state index in [0.717, 1.165) is 24.9 Å². The maximum absolute atomic E-state index is 10.1. The minimum absolute atomic E-state index is 0.0562. The summed E-state index contributed by atoms with van der Waals surface area (Å²) in [6.07, 6.45) is 2.58. The summed E-state index contributed by atoms with van der Waals surface area (Å²) in [6, 6.07) is 25.2. The number of benzene rings is 2. The molecule has 0 fully saturated rings. The number of nitrogens with zero attached hydrogens (tertiary/aromatic N) is 3. The quantitative estimate of drug-likeness (QED) is 0.599. The van der Waals surface area contributed by atoms with Crippen molar-refractivity contribution in [3.8, 4) is 12.1 Å². The summed E-state index contributed by atoms with van der Waals surface area (Å²) >= 11 is 0. The van der Waals surface area contributed by atoms with E-state index in [-0.39, 0.29) is 5.54 Å². The van der Waals surface area contributed by atoms with E-state index in [9.17, 15) is 5.26 Å². The van der Waals surface area contributed by atoms with Gasteiger partial charge < -0.3 is 0 Å². The van der Waals surface area contributed by atoms with Crippen molar-refractivity contribution in [1.82, 2.24) is 4.90 Å². The van der Waals surface area contributed by atoms with E-state index < -0.39 is 5.41 Å². The van der Waals surface area contributed by atoms with Gasteiger partial charge in [0.1, 0.15) is 0 Å². The second-order valence-electron chi connectivity index (χ2n) is 7.87. The summed E-state index contributed by atoms with van der Waals surface area (Å²) in [5.74, 6) is 0. The van der Waals surface area contributed by atoms with Gasteiger partial charge in [-0.3, -0.25) is 4.90 Å². The number of nitriles is 2. The predicted octanol–water partition coefficient (Wildman–Crippen LogP) is 5.44. The third-order valence-corrected chi connectivity index (χ3v) is 5.66. The Balaban J connectivity index is 2.15. The zero-order valence-corrected chi connectivity index (χ0v) is 16.7. The third-order valence-electron chi connectivity index (χ3n) is 5.66. The van der Waals surface area contributed by atoms with Crippen LogP contribution in [0.2, 0.25) is 0 Å². The van der Waals surface area contributed by atoms with Crippen LogP contribution in [0.4, 0.5) is 0 Å². The first-order valence-electron chi connectivity index (χ1n) is 9.52. The Morgan fingerprint density at radius 2 is 1.44 bits per heavy atom. The van der Waals surface area contributed by atoms with Crippen molar-refractivity contribution in [2.75, 3.05) is 7.05 Å². The predicted molar refractivity (Wildman–Crippen MR) is 110 cm³/mol. The third kappa shape index (κ3) is 5.43. The van der Waals surface area contributed by atoms with Gasteiger partial charge in [0.05, 0.1) is 17.6 Å². The molecular formula is C24H29N3. The van der Waals surface area contributed by atoms with Crippen LogP contribution in [-0.2, 0) is 12.0 Å². The average molecular weight is 360 g/mol. The summed E-state index contributed by atoms with van der Waals surface area (Å²) in [7, 11) is 2.14. The van der Waals surface area contributed by atoms with Crippen LogP contribution >= 0.6 is 0 Å². The highest BCUT2D eigenvalue weighted by Gasteiger charge is 2.35. The lowest BCUT2D eigenvalue weighted by atomic mass is 9.72. The maximum atomic E-state index is 10.1. The van der Waals surface area contributed by atoms with Crippen molar-refractivity contribution in [2.45, 2.75) is 57.0 Å². The molecule has 2 aromatic rings. The van der Waals surface area contributed by atoms with Crippen LogP contribution in [0.5, 0.6) is 0 Å². The molecule has 0 aliphatic carbocycles. The zero-order chi connectivity index (χ0) is 19.8. The zero-order valence-electron chi connectivity index (χ0n) is 16.7. The smallest absolute Gasteiger partial charge is 0.0832 e. The van der Waals surface area contributed by atoms with Gasteiger partial charge in [0, 0.05) is 18.5 Å². The minimum atomic E-state index is -0.609. The van der Waals surface area contributed by atoms with Gasteiger partial charge in [-0.2, -0.15) is 10.5 Å². The van der Waals surface area contributed by atoms with Crippen molar-refractivity contribution in [1.29, 1.82) is 10.5 Å². The first-order chi connectivity index (χ1) is 12.9. The Bertz CT molecular complexity index is 784. The summed E-state index contributed by atoms with van der Waals surface area (Å²) in [5, 5.41) is 19.1. The molecular weight excluding hydrogens is 330 g/mol. The van der Waals surface area contributed by atoms with Gasteiger partial charge in [-0.1, -0.05) is 60.7 Å². The Labute approximate surface area is 163 Å². The molecule has 0 spiro atoms. The molecule has 0 aliphatic heterocycles. The Hall–Kier alpha value is -2.62. The number of hydrogen-bond acceptors (Lipinski definition) is 3. The van der Waals surface area contributed by atoms with E-state index in [0.29, 0.717) is 12.8 Å². The fourth-order valence-corrected chi connectivity index (χ4v) is 3.40. The summed E-state index contributed by atoms with van der Waals surface area (Å²) < 4.78 is 0. The van der Waals surface area contributed by atoms with Crippen molar-refractivity contribution in [2.24, 2.45) is 0 Å². The van der Waals surface area contributed by atoms with Crippen LogP contribution in [0.15, 0.2) is 60.7 Å². The molecule has 0 aliphatic rings. The van der Waals surface area contributed by atoms with E-state index in [1.807, 2.05) is 36.4 Å². The van der Waals surface area contributed by atoms with Crippen LogP contribution in [0, 0.1) is 22.7 Å². The molecule has 0 saturated heterocycles. The lowest BCUT2D eigenvalue weighted by molar-refractivity contribution is 0.127. The van der Waals surface area contributed by atoms with Crippen molar-refractivity contribution >= 4 is 0 Å². The second kappa shape index (κ2) is 9.36. The fourth-order valence-electron chi connectivity index (χ4n) is 3.40. The summed E-state index contributed by atoms with van der Waals surface area (Å²) in [5.41, 5.74) is 1.64. The summed E-state index contributed by atoms with van der Waals surface area (Å²) in [6.45, 7) is 5.33. The Kier molecular flexibility index (Phi) is 7.17. The van der Waals surface area contributed by atoms with Gasteiger partial charge in [-0.05, 0) is 51.3 Å². The van der Waals surface area contributed by atoms with Crippen LogP contribution in [0.25, 0.3) is 0 Å². The van der Waals surface area contributed by atoms with Crippen LogP contribution < -0.4 is 0 Å². The van der Waals surface area contributed by atoms with Gasteiger partial charge in [-0.25, -0.2) is 0 Å². The Morgan fingerprint density at radius 1 is 0.852 bits per heavy atom. The summed E-state index contributed by atoms with van der Waals surface area (Å²) in [4.78, 5) is 2.35. The van der Waals surface area contributed by atoms with Crippen molar-refractivity contribution in [3.05, 3.63) is 71.8 Å². The van der Waals surface area contributed by atoms with Gasteiger partial charge in [0.2, 0.25) is 0 Å². The topological polar surface area (TPSA) is 50.8 Å². The largest absolute Gasteiger partial charge is 0.297 e. The average Bonchev–Trinajstić information content (AvgIpc) is 2.70. The maximum Gasteiger partial charge on any atom is 0.0832 e. The molecule has 2 rings (SSSR count). The SMILES string of the molecule is CN(Cc1ccccc1)C(C)(C)CCC(C#N)(CCC#N)c1ccccc1. The molecule has 0 aromatic heterocycles. The van der Waals surface area contributed by atoms with E-state index in [1.54, 1.807) is 0 Å². The molecule has 0 N–H and O–H groups in total. The van der Waals surface area contributed by atoms with Crippen molar-refractivity contribution in [3.63, 3.8) is 0 Å². The highest BCUT2D eigenvalue weighted by Crippen LogP contribution is 2.36. The highest BCUT2D eigenvalue weighted by atomic mass is 15.2. The molecule has 3 nitrogen and oxygen atoms in total. The monoisotopic (exact) mass is 359 g/mol. The normalized spacial score (nSPS) is 13.6. The lowest BCUT2D eigenvalue weighted by Gasteiger charge is -2.38. The molecule has 0 saturated carbocycles. The first-order valence-corrected chi connectivity index (χ1v) is 9.52. The number of rotatable bonds is 9. The molecule has 140 valence electrons. The molecule has 0 amide bonds. The van der Waals surface area contributed by atoms with Crippen LogP contribution in [0.1, 0.15) is 50.7 Å². The van der Waals surface area contributed by atoms with E-state index in [1.165, 1.54) is 5.56 Å². The van der Waals surface area contributed by atoms with Crippen LogP contribution in [0.3, 0.4) is 0 Å². The molecule has 3 heteroatoms. The second-order valence-corrected chi connectivity index (χ2v) is 7.87. The van der Waals surface area contributed by atoms with Gasteiger partial charge >= 0.3 is 0 Å².